The van der Waals surface area contributed by atoms with Crippen LogP contribution < -0.4 is 5.32 Å². The van der Waals surface area contributed by atoms with Crippen LogP contribution in [0.15, 0.2) is 108 Å². The molecular formula is C33H29N5OS2. The molecule has 0 atom stereocenters. The highest BCUT2D eigenvalue weighted by Gasteiger charge is 2.24. The first-order chi connectivity index (χ1) is 20.1. The van der Waals surface area contributed by atoms with Crippen LogP contribution in [-0.4, -0.2) is 31.4 Å². The maximum absolute atomic E-state index is 12.9. The van der Waals surface area contributed by atoms with Crippen LogP contribution in [-0.2, 0) is 11.3 Å². The number of nitrogens with zero attached hydrogens (tertiary/aromatic N) is 4. The molecule has 4 aromatic carbocycles. The third kappa shape index (κ3) is 5.94. The SMILES string of the molecule is CCn1c(SCC(=O)Nc2ccc(-c3nc4ccc(C)cc4s3)cc2)nnc1C(c1ccccc1)c1ccccc1. The number of aryl methyl sites for hydroxylation is 1. The summed E-state index contributed by atoms with van der Waals surface area (Å²) in [6.07, 6.45) is 0. The van der Waals surface area contributed by atoms with Gasteiger partial charge >= 0.3 is 0 Å². The van der Waals surface area contributed by atoms with Crippen molar-refractivity contribution in [3.8, 4) is 10.6 Å². The number of fused-ring (bicyclic) bond motifs is 1. The Bertz CT molecular complexity index is 1740. The zero-order valence-electron chi connectivity index (χ0n) is 22.8. The normalized spacial score (nSPS) is 11.3. The first-order valence-corrected chi connectivity index (χ1v) is 15.3. The van der Waals surface area contributed by atoms with Gasteiger partial charge in [-0.3, -0.25) is 4.79 Å². The molecular weight excluding hydrogens is 547 g/mol. The molecule has 1 N–H and O–H groups in total. The van der Waals surface area contributed by atoms with Crippen LogP contribution in [0.4, 0.5) is 5.69 Å². The fourth-order valence-electron chi connectivity index (χ4n) is 4.88. The van der Waals surface area contributed by atoms with Gasteiger partial charge in [-0.05, 0) is 66.9 Å². The number of carbonyl (C=O) groups excluding carboxylic acids is 1. The van der Waals surface area contributed by atoms with Gasteiger partial charge in [-0.25, -0.2) is 4.98 Å². The molecule has 0 aliphatic heterocycles. The molecule has 0 fully saturated rings. The highest BCUT2D eigenvalue weighted by Crippen LogP contribution is 2.33. The topological polar surface area (TPSA) is 72.7 Å². The van der Waals surface area contributed by atoms with Crippen LogP contribution in [0, 0.1) is 6.92 Å². The molecule has 204 valence electrons. The number of anilines is 1. The molecule has 2 heterocycles. The number of amides is 1. The molecule has 2 aromatic heterocycles. The molecule has 6 rings (SSSR count). The van der Waals surface area contributed by atoms with Gasteiger partial charge in [-0.2, -0.15) is 0 Å². The van der Waals surface area contributed by atoms with Gasteiger partial charge in [0.1, 0.15) is 10.8 Å². The zero-order chi connectivity index (χ0) is 28.2. The molecule has 0 saturated carbocycles. The Kier molecular flexibility index (Phi) is 7.93. The number of thioether (sulfide) groups is 1. The maximum Gasteiger partial charge on any atom is 0.234 e. The van der Waals surface area contributed by atoms with Gasteiger partial charge in [0.15, 0.2) is 5.16 Å². The molecule has 1 amide bonds. The molecule has 0 spiro atoms. The summed E-state index contributed by atoms with van der Waals surface area (Å²) in [7, 11) is 0. The summed E-state index contributed by atoms with van der Waals surface area (Å²) in [4.78, 5) is 17.6. The van der Waals surface area contributed by atoms with Crippen molar-refractivity contribution in [3.05, 3.63) is 126 Å². The summed E-state index contributed by atoms with van der Waals surface area (Å²) in [5.41, 5.74) is 6.32. The number of rotatable bonds is 9. The summed E-state index contributed by atoms with van der Waals surface area (Å²) in [5.74, 6) is 0.964. The van der Waals surface area contributed by atoms with Crippen molar-refractivity contribution >= 4 is 44.9 Å². The molecule has 0 radical (unpaired) electrons. The smallest absolute Gasteiger partial charge is 0.234 e. The lowest BCUT2D eigenvalue weighted by atomic mass is 9.90. The van der Waals surface area contributed by atoms with E-state index in [1.165, 1.54) is 22.0 Å². The Hall–Kier alpha value is -4.27. The number of hydrogen-bond donors (Lipinski definition) is 1. The summed E-state index contributed by atoms with van der Waals surface area (Å²) in [6.45, 7) is 4.87. The van der Waals surface area contributed by atoms with Gasteiger partial charge in [-0.15, -0.1) is 21.5 Å². The maximum atomic E-state index is 12.9. The lowest BCUT2D eigenvalue weighted by Crippen LogP contribution is -2.15. The van der Waals surface area contributed by atoms with E-state index in [4.69, 9.17) is 4.98 Å². The second-order valence-electron chi connectivity index (χ2n) is 9.74. The zero-order valence-corrected chi connectivity index (χ0v) is 24.5. The predicted octanol–water partition coefficient (Wildman–Crippen LogP) is 7.79. The van der Waals surface area contributed by atoms with Crippen molar-refractivity contribution in [3.63, 3.8) is 0 Å². The van der Waals surface area contributed by atoms with Gasteiger partial charge in [0, 0.05) is 17.8 Å². The fourth-order valence-corrected chi connectivity index (χ4v) is 6.76. The van der Waals surface area contributed by atoms with E-state index >= 15 is 0 Å². The van der Waals surface area contributed by atoms with Crippen LogP contribution in [0.3, 0.4) is 0 Å². The number of carbonyl (C=O) groups is 1. The van der Waals surface area contributed by atoms with Gasteiger partial charge in [0.25, 0.3) is 0 Å². The summed E-state index contributed by atoms with van der Waals surface area (Å²) >= 11 is 3.08. The van der Waals surface area contributed by atoms with Crippen molar-refractivity contribution in [1.82, 2.24) is 19.7 Å². The average Bonchev–Trinajstić information content (AvgIpc) is 3.61. The minimum Gasteiger partial charge on any atom is -0.325 e. The number of nitrogens with one attached hydrogen (secondary N) is 1. The number of hydrogen-bond acceptors (Lipinski definition) is 6. The lowest BCUT2D eigenvalue weighted by molar-refractivity contribution is -0.113. The number of aromatic nitrogens is 4. The summed E-state index contributed by atoms with van der Waals surface area (Å²) in [5, 5.41) is 13.8. The number of thiazole rings is 1. The Morgan fingerprint density at radius 2 is 1.59 bits per heavy atom. The summed E-state index contributed by atoms with van der Waals surface area (Å²) < 4.78 is 3.29. The van der Waals surface area contributed by atoms with E-state index < -0.39 is 0 Å². The van der Waals surface area contributed by atoms with Gasteiger partial charge in [0.2, 0.25) is 5.91 Å². The third-order valence-electron chi connectivity index (χ3n) is 6.88. The van der Waals surface area contributed by atoms with Gasteiger partial charge < -0.3 is 9.88 Å². The van der Waals surface area contributed by atoms with E-state index in [-0.39, 0.29) is 17.6 Å². The largest absolute Gasteiger partial charge is 0.325 e. The predicted molar refractivity (Wildman–Crippen MR) is 169 cm³/mol. The van der Waals surface area contributed by atoms with Crippen molar-refractivity contribution in [2.45, 2.75) is 31.5 Å². The van der Waals surface area contributed by atoms with Crippen LogP contribution in [0.2, 0.25) is 0 Å². The van der Waals surface area contributed by atoms with Crippen LogP contribution in [0.25, 0.3) is 20.8 Å². The van der Waals surface area contributed by atoms with Gasteiger partial charge in [-0.1, -0.05) is 78.5 Å². The van der Waals surface area contributed by atoms with Crippen molar-refractivity contribution in [1.29, 1.82) is 0 Å². The minimum atomic E-state index is -0.0897. The second kappa shape index (κ2) is 12.1. The standard InChI is InChI=1S/C33H29N5OS2/c1-3-38-31(30(23-10-6-4-7-11-23)24-12-8-5-9-13-24)36-37-33(38)40-21-29(39)34-26-17-15-25(16-18-26)32-35-27-19-14-22(2)20-28(27)41-32/h4-20,30H,3,21H2,1-2H3,(H,34,39). The molecule has 0 unspecified atom stereocenters. The first kappa shape index (κ1) is 26.9. The molecule has 8 heteroatoms. The molecule has 6 aromatic rings. The first-order valence-electron chi connectivity index (χ1n) is 13.5. The van der Waals surface area contributed by atoms with E-state index in [2.05, 4.69) is 76.4 Å². The van der Waals surface area contributed by atoms with Crippen LogP contribution in [0.1, 0.15) is 35.4 Å². The molecule has 0 saturated heterocycles. The average molecular weight is 576 g/mol. The van der Waals surface area contributed by atoms with Gasteiger partial charge in [0.05, 0.1) is 21.9 Å². The van der Waals surface area contributed by atoms with Crippen LogP contribution >= 0.6 is 23.1 Å². The minimum absolute atomic E-state index is 0.0500. The Morgan fingerprint density at radius 3 is 2.24 bits per heavy atom. The summed E-state index contributed by atoms with van der Waals surface area (Å²) in [6, 6.07) is 34.9. The quantitative estimate of drug-likeness (QED) is 0.178. The third-order valence-corrected chi connectivity index (χ3v) is 8.91. The van der Waals surface area contributed by atoms with E-state index in [0.29, 0.717) is 6.54 Å². The monoisotopic (exact) mass is 575 g/mol. The van der Waals surface area contributed by atoms with E-state index in [1.54, 1.807) is 11.3 Å². The lowest BCUT2D eigenvalue weighted by Gasteiger charge is -2.18. The Balaban J connectivity index is 1.14. The van der Waals surface area contributed by atoms with E-state index in [1.807, 2.05) is 60.7 Å². The second-order valence-corrected chi connectivity index (χ2v) is 11.7. The molecule has 6 nitrogen and oxygen atoms in total. The number of benzene rings is 4. The molecule has 0 bridgehead atoms. The highest BCUT2D eigenvalue weighted by atomic mass is 32.2. The Labute approximate surface area is 247 Å². The van der Waals surface area contributed by atoms with Crippen LogP contribution in [0.5, 0.6) is 0 Å². The molecule has 41 heavy (non-hydrogen) atoms. The Morgan fingerprint density at radius 1 is 0.902 bits per heavy atom. The fraction of sp³-hybridized carbons (Fsp3) is 0.152. The van der Waals surface area contributed by atoms with Crippen molar-refractivity contribution < 1.29 is 4.79 Å². The van der Waals surface area contributed by atoms with E-state index in [9.17, 15) is 4.79 Å². The molecule has 0 aliphatic rings. The molecule has 0 aliphatic carbocycles. The van der Waals surface area contributed by atoms with Crippen molar-refractivity contribution in [2.75, 3.05) is 11.1 Å². The van der Waals surface area contributed by atoms with E-state index in [0.717, 1.165) is 43.9 Å². The van der Waals surface area contributed by atoms with Crippen molar-refractivity contribution in [2.24, 2.45) is 0 Å². The highest BCUT2D eigenvalue weighted by molar-refractivity contribution is 7.99.